The predicted octanol–water partition coefficient (Wildman–Crippen LogP) is 14.4. The Morgan fingerprint density at radius 2 is 0.943 bits per heavy atom. The maximum atomic E-state index is 6.56. The summed E-state index contributed by atoms with van der Waals surface area (Å²) < 4.78 is 6.56. The second kappa shape index (κ2) is 12.3. The summed E-state index contributed by atoms with van der Waals surface area (Å²) in [6, 6.07) is 67.9. The van der Waals surface area contributed by atoms with Crippen molar-refractivity contribution in [3.63, 3.8) is 0 Å². The molecule has 252 valence electrons. The molecule has 0 radical (unpaired) electrons. The molecule has 0 saturated heterocycles. The van der Waals surface area contributed by atoms with E-state index in [0.29, 0.717) is 0 Å². The molecular weight excluding hydrogens is 643 g/mol. The summed E-state index contributed by atoms with van der Waals surface area (Å²) in [5.41, 5.74) is 17.2. The Balaban J connectivity index is 1.33. The van der Waals surface area contributed by atoms with E-state index in [0.717, 1.165) is 39.0 Å². The average molecular weight is 680 g/mol. The maximum absolute atomic E-state index is 6.56. The van der Waals surface area contributed by atoms with Crippen molar-refractivity contribution in [2.45, 2.75) is 19.3 Å². The van der Waals surface area contributed by atoms with Crippen LogP contribution in [0.4, 0.5) is 17.1 Å². The molecule has 1 heterocycles. The van der Waals surface area contributed by atoms with Crippen LogP contribution in [0.15, 0.2) is 192 Å². The van der Waals surface area contributed by atoms with E-state index in [9.17, 15) is 0 Å². The molecule has 0 spiro atoms. The number of hydrogen-bond donors (Lipinski definition) is 0. The Hall–Kier alpha value is -6.64. The molecule has 0 fully saturated rings. The summed E-state index contributed by atoms with van der Waals surface area (Å²) in [5, 5.41) is 2.24. The second-order valence-corrected chi connectivity index (χ2v) is 14.5. The maximum Gasteiger partial charge on any atom is 0.137 e. The summed E-state index contributed by atoms with van der Waals surface area (Å²) >= 11 is 0. The van der Waals surface area contributed by atoms with Gasteiger partial charge in [0.25, 0.3) is 0 Å². The van der Waals surface area contributed by atoms with Gasteiger partial charge in [-0.1, -0.05) is 166 Å². The van der Waals surface area contributed by atoms with Gasteiger partial charge in [-0.05, 0) is 74.8 Å². The van der Waals surface area contributed by atoms with Gasteiger partial charge in [0.15, 0.2) is 0 Å². The third-order valence-corrected chi connectivity index (χ3v) is 11.1. The minimum atomic E-state index is -0.148. The molecule has 0 saturated carbocycles. The molecule has 1 aliphatic rings. The van der Waals surface area contributed by atoms with Crippen LogP contribution in [0.1, 0.15) is 25.0 Å². The molecule has 53 heavy (non-hydrogen) atoms. The highest BCUT2D eigenvalue weighted by atomic mass is 16.3. The monoisotopic (exact) mass is 679 g/mol. The highest BCUT2D eigenvalue weighted by Gasteiger charge is 2.38. The van der Waals surface area contributed by atoms with Gasteiger partial charge in [-0.15, -0.1) is 0 Å². The van der Waals surface area contributed by atoms with E-state index in [2.05, 4.69) is 201 Å². The first-order valence-electron chi connectivity index (χ1n) is 18.4. The molecule has 1 aromatic heterocycles. The normalized spacial score (nSPS) is 12.9. The zero-order valence-corrected chi connectivity index (χ0v) is 29.8. The number of benzene rings is 8. The summed E-state index contributed by atoms with van der Waals surface area (Å²) in [6.07, 6.45) is 0. The molecule has 0 amide bonds. The van der Waals surface area contributed by atoms with Gasteiger partial charge >= 0.3 is 0 Å². The van der Waals surface area contributed by atoms with Crippen LogP contribution in [0.25, 0.3) is 66.4 Å². The highest BCUT2D eigenvalue weighted by molar-refractivity contribution is 6.08. The average Bonchev–Trinajstić information content (AvgIpc) is 3.70. The van der Waals surface area contributed by atoms with Crippen LogP contribution in [0.5, 0.6) is 0 Å². The minimum absolute atomic E-state index is 0.148. The molecule has 0 aliphatic heterocycles. The van der Waals surface area contributed by atoms with E-state index >= 15 is 0 Å². The van der Waals surface area contributed by atoms with E-state index < -0.39 is 0 Å². The molecule has 0 unspecified atom stereocenters. The predicted molar refractivity (Wildman–Crippen MR) is 222 cm³/mol. The van der Waals surface area contributed by atoms with Crippen molar-refractivity contribution in [2.24, 2.45) is 0 Å². The van der Waals surface area contributed by atoms with Gasteiger partial charge in [0.2, 0.25) is 0 Å². The summed E-state index contributed by atoms with van der Waals surface area (Å²) in [4.78, 5) is 2.48. The number of furan rings is 1. The van der Waals surface area contributed by atoms with E-state index in [1.807, 2.05) is 6.07 Å². The van der Waals surface area contributed by atoms with Gasteiger partial charge in [-0.25, -0.2) is 0 Å². The van der Waals surface area contributed by atoms with Crippen LogP contribution in [0.2, 0.25) is 0 Å². The molecule has 0 N–H and O–H groups in total. The van der Waals surface area contributed by atoms with Gasteiger partial charge in [-0.3, -0.25) is 0 Å². The zero-order chi connectivity index (χ0) is 35.5. The number of anilines is 3. The topological polar surface area (TPSA) is 16.4 Å². The SMILES string of the molecule is CC1(C)c2ccccc2-c2c(N(c3ccc4c(c3)oc3ccccc34)c3cccc(-c4ccccc4)c3-c3ccccc3-c3ccccc3)cccc21. The van der Waals surface area contributed by atoms with Crippen molar-refractivity contribution in [1.29, 1.82) is 0 Å². The lowest BCUT2D eigenvalue weighted by Crippen LogP contribution is -2.16. The standard InChI is InChI=1S/C51H37NO/c1-51(2)43-26-13-11-24-42(43)50-44(51)27-16-29-46(50)52(36-31-32-40-39-22-12-14-30-47(39)53-48(40)33-36)45-28-15-25-38(35-19-7-4-8-20-35)49(45)41-23-10-9-21-37(41)34-17-5-3-6-18-34/h3-33H,1-2H3. The molecule has 2 nitrogen and oxygen atoms in total. The fourth-order valence-corrected chi connectivity index (χ4v) is 8.62. The first-order valence-corrected chi connectivity index (χ1v) is 18.4. The Bertz CT molecular complexity index is 2810. The van der Waals surface area contributed by atoms with Crippen LogP contribution < -0.4 is 4.90 Å². The zero-order valence-electron chi connectivity index (χ0n) is 29.8. The molecule has 1 aliphatic carbocycles. The minimum Gasteiger partial charge on any atom is -0.456 e. The van der Waals surface area contributed by atoms with Gasteiger partial charge in [-0.2, -0.15) is 0 Å². The molecule has 10 rings (SSSR count). The number of rotatable bonds is 6. The van der Waals surface area contributed by atoms with Crippen molar-refractivity contribution in [2.75, 3.05) is 4.90 Å². The van der Waals surface area contributed by atoms with Gasteiger partial charge < -0.3 is 9.32 Å². The Labute approximate surface area is 310 Å². The first kappa shape index (κ1) is 31.1. The van der Waals surface area contributed by atoms with E-state index in [4.69, 9.17) is 4.42 Å². The lowest BCUT2D eigenvalue weighted by atomic mass is 9.82. The summed E-state index contributed by atoms with van der Waals surface area (Å²) in [7, 11) is 0. The lowest BCUT2D eigenvalue weighted by molar-refractivity contribution is 0.660. The molecule has 0 bridgehead atoms. The third-order valence-electron chi connectivity index (χ3n) is 11.1. The Morgan fingerprint density at radius 3 is 1.72 bits per heavy atom. The van der Waals surface area contributed by atoms with Crippen LogP contribution >= 0.6 is 0 Å². The number of para-hydroxylation sites is 1. The number of fused-ring (bicyclic) bond motifs is 6. The van der Waals surface area contributed by atoms with Crippen LogP contribution in [0, 0.1) is 0 Å². The van der Waals surface area contributed by atoms with Crippen molar-refractivity contribution in [3.8, 4) is 44.5 Å². The van der Waals surface area contributed by atoms with Gasteiger partial charge in [0.05, 0.1) is 11.4 Å². The van der Waals surface area contributed by atoms with Crippen LogP contribution in [-0.2, 0) is 5.41 Å². The van der Waals surface area contributed by atoms with Crippen LogP contribution in [-0.4, -0.2) is 0 Å². The van der Waals surface area contributed by atoms with Gasteiger partial charge in [0.1, 0.15) is 11.2 Å². The number of hydrogen-bond acceptors (Lipinski definition) is 2. The fourth-order valence-electron chi connectivity index (χ4n) is 8.62. The molecular formula is C51H37NO. The molecule has 0 atom stereocenters. The van der Waals surface area contributed by atoms with Crippen molar-refractivity contribution >= 4 is 39.0 Å². The highest BCUT2D eigenvalue weighted by Crippen LogP contribution is 2.56. The van der Waals surface area contributed by atoms with Crippen molar-refractivity contribution in [1.82, 2.24) is 0 Å². The second-order valence-electron chi connectivity index (χ2n) is 14.5. The van der Waals surface area contributed by atoms with Crippen molar-refractivity contribution in [3.05, 3.63) is 199 Å². The fraction of sp³-hybridized carbons (Fsp3) is 0.0588. The van der Waals surface area contributed by atoms with E-state index in [-0.39, 0.29) is 5.41 Å². The lowest BCUT2D eigenvalue weighted by Gasteiger charge is -2.32. The largest absolute Gasteiger partial charge is 0.456 e. The van der Waals surface area contributed by atoms with Crippen molar-refractivity contribution < 1.29 is 4.42 Å². The van der Waals surface area contributed by atoms with Crippen LogP contribution in [0.3, 0.4) is 0 Å². The number of nitrogens with zero attached hydrogens (tertiary/aromatic N) is 1. The molecule has 9 aromatic rings. The van der Waals surface area contributed by atoms with E-state index in [1.54, 1.807) is 0 Å². The molecule has 2 heteroatoms. The summed E-state index contributed by atoms with van der Waals surface area (Å²) in [6.45, 7) is 4.70. The smallest absolute Gasteiger partial charge is 0.137 e. The Morgan fingerprint density at radius 1 is 0.396 bits per heavy atom. The summed E-state index contributed by atoms with van der Waals surface area (Å²) in [5.74, 6) is 0. The Kier molecular flexibility index (Phi) is 7.19. The van der Waals surface area contributed by atoms with E-state index in [1.165, 1.54) is 55.6 Å². The third kappa shape index (κ3) is 4.94. The first-order chi connectivity index (χ1) is 26.1. The quantitative estimate of drug-likeness (QED) is 0.174. The van der Waals surface area contributed by atoms with Gasteiger partial charge in [0, 0.05) is 39.1 Å². The molecule has 8 aromatic carbocycles.